The second-order valence-corrected chi connectivity index (χ2v) is 4.76. The van der Waals surface area contributed by atoms with Crippen LogP contribution in [0.2, 0.25) is 0 Å². The highest BCUT2D eigenvalue weighted by Crippen LogP contribution is 2.65. The van der Waals surface area contributed by atoms with Crippen LogP contribution in [0.3, 0.4) is 0 Å². The topological polar surface area (TPSA) is 52.6 Å². The molecule has 0 aromatic heterocycles. The number of methoxy groups -OCH3 is 2. The molecule has 1 aliphatic rings. The van der Waals surface area contributed by atoms with Crippen LogP contribution < -0.4 is 0 Å². The maximum atomic E-state index is 12.0. The molecule has 0 N–H and O–H groups in total. The first-order valence-corrected chi connectivity index (χ1v) is 5.75. The minimum absolute atomic E-state index is 0.420. The first kappa shape index (κ1) is 12.6. The van der Waals surface area contributed by atoms with Gasteiger partial charge in [-0.15, -0.1) is 0 Å². The van der Waals surface area contributed by atoms with E-state index < -0.39 is 22.8 Å². The van der Waals surface area contributed by atoms with Crippen molar-refractivity contribution < 1.29 is 19.1 Å². The van der Waals surface area contributed by atoms with Crippen molar-refractivity contribution in [3.63, 3.8) is 0 Å². The van der Waals surface area contributed by atoms with Crippen molar-refractivity contribution in [1.82, 2.24) is 0 Å². The third kappa shape index (κ3) is 1.45. The van der Waals surface area contributed by atoms with Crippen LogP contribution in [-0.2, 0) is 24.5 Å². The number of rotatable bonds is 3. The van der Waals surface area contributed by atoms with Crippen LogP contribution in [0.4, 0.5) is 0 Å². The summed E-state index contributed by atoms with van der Waals surface area (Å²) in [5.74, 6) is -1.05. The number of carbonyl (C=O) groups is 2. The Balaban J connectivity index is 2.44. The van der Waals surface area contributed by atoms with Crippen molar-refractivity contribution in [3.05, 3.63) is 35.9 Å². The third-order valence-electron chi connectivity index (χ3n) is 3.91. The normalized spacial score (nSPS) is 24.2. The molecular formula is C14H16O4. The molecule has 2 rings (SSSR count). The van der Waals surface area contributed by atoms with Gasteiger partial charge in [-0.2, -0.15) is 0 Å². The van der Waals surface area contributed by atoms with E-state index >= 15 is 0 Å². The van der Waals surface area contributed by atoms with Crippen LogP contribution in [0.15, 0.2) is 30.3 Å². The Morgan fingerprint density at radius 1 is 1.06 bits per heavy atom. The minimum atomic E-state index is -1.20. The first-order chi connectivity index (χ1) is 8.53. The molecule has 1 atom stereocenters. The molecule has 1 aromatic carbocycles. The molecule has 1 aliphatic carbocycles. The van der Waals surface area contributed by atoms with Gasteiger partial charge in [0.25, 0.3) is 0 Å². The SMILES string of the molecule is COC(=O)C1(C(=O)OC)CC1(C)c1ccccc1. The number of ether oxygens (including phenoxy) is 2. The summed E-state index contributed by atoms with van der Waals surface area (Å²) < 4.78 is 9.56. The molecule has 96 valence electrons. The fraction of sp³-hybridized carbons (Fsp3) is 0.429. The Morgan fingerprint density at radius 2 is 1.56 bits per heavy atom. The lowest BCUT2D eigenvalue weighted by Crippen LogP contribution is -2.35. The summed E-state index contributed by atoms with van der Waals surface area (Å²) in [5, 5.41) is 0. The second kappa shape index (κ2) is 4.12. The maximum absolute atomic E-state index is 12.0. The molecule has 0 aliphatic heterocycles. The molecule has 0 amide bonds. The summed E-state index contributed by atoms with van der Waals surface area (Å²) >= 11 is 0. The van der Waals surface area contributed by atoms with Crippen molar-refractivity contribution in [2.45, 2.75) is 18.8 Å². The van der Waals surface area contributed by atoms with E-state index in [1.165, 1.54) is 14.2 Å². The zero-order valence-corrected chi connectivity index (χ0v) is 10.7. The number of hydrogen-bond donors (Lipinski definition) is 0. The van der Waals surface area contributed by atoms with E-state index in [9.17, 15) is 9.59 Å². The Labute approximate surface area is 106 Å². The van der Waals surface area contributed by atoms with E-state index in [0.717, 1.165) is 5.56 Å². The van der Waals surface area contributed by atoms with Crippen LogP contribution in [0, 0.1) is 5.41 Å². The lowest BCUT2D eigenvalue weighted by molar-refractivity contribution is -0.162. The monoisotopic (exact) mass is 248 g/mol. The largest absolute Gasteiger partial charge is 0.468 e. The summed E-state index contributed by atoms with van der Waals surface area (Å²) in [6.07, 6.45) is 0.420. The van der Waals surface area contributed by atoms with E-state index in [1.54, 1.807) is 0 Å². The first-order valence-electron chi connectivity index (χ1n) is 5.75. The van der Waals surface area contributed by atoms with Gasteiger partial charge in [0, 0.05) is 5.41 Å². The van der Waals surface area contributed by atoms with Crippen molar-refractivity contribution in [3.8, 4) is 0 Å². The third-order valence-corrected chi connectivity index (χ3v) is 3.91. The van der Waals surface area contributed by atoms with E-state index in [2.05, 4.69) is 0 Å². The number of carbonyl (C=O) groups excluding carboxylic acids is 2. The van der Waals surface area contributed by atoms with Crippen molar-refractivity contribution in [1.29, 1.82) is 0 Å². The van der Waals surface area contributed by atoms with Gasteiger partial charge in [0.15, 0.2) is 5.41 Å². The maximum Gasteiger partial charge on any atom is 0.324 e. The molecule has 1 saturated carbocycles. The Hall–Kier alpha value is -1.84. The predicted octanol–water partition coefficient (Wildman–Crippen LogP) is 1.68. The molecule has 4 heteroatoms. The van der Waals surface area contributed by atoms with Crippen molar-refractivity contribution in [2.75, 3.05) is 14.2 Å². The van der Waals surface area contributed by atoms with Crippen molar-refractivity contribution in [2.24, 2.45) is 5.41 Å². The highest BCUT2D eigenvalue weighted by Gasteiger charge is 2.76. The number of benzene rings is 1. The molecule has 0 spiro atoms. The molecule has 0 bridgehead atoms. The quantitative estimate of drug-likeness (QED) is 0.603. The van der Waals surface area contributed by atoms with Gasteiger partial charge < -0.3 is 9.47 Å². The van der Waals surface area contributed by atoms with Crippen LogP contribution in [-0.4, -0.2) is 26.2 Å². The summed E-state index contributed by atoms with van der Waals surface area (Å²) in [6, 6.07) is 9.49. The van der Waals surface area contributed by atoms with E-state index in [1.807, 2.05) is 37.3 Å². The molecule has 4 nitrogen and oxygen atoms in total. The van der Waals surface area contributed by atoms with Gasteiger partial charge in [-0.25, -0.2) is 0 Å². The standard InChI is InChI=1S/C14H16O4/c1-13(10-7-5-4-6-8-10)9-14(13,11(15)17-2)12(16)18-3/h4-8H,9H2,1-3H3. The Kier molecular flexibility index (Phi) is 2.89. The molecule has 1 aromatic rings. The van der Waals surface area contributed by atoms with Gasteiger partial charge >= 0.3 is 11.9 Å². The van der Waals surface area contributed by atoms with Crippen LogP contribution in [0.25, 0.3) is 0 Å². The highest BCUT2D eigenvalue weighted by molar-refractivity contribution is 6.06. The Bertz CT molecular complexity index is 464. The van der Waals surface area contributed by atoms with E-state index in [0.29, 0.717) is 6.42 Å². The summed E-state index contributed by atoms with van der Waals surface area (Å²) in [6.45, 7) is 1.89. The van der Waals surface area contributed by atoms with Gasteiger partial charge in [-0.3, -0.25) is 9.59 Å². The molecule has 0 radical (unpaired) electrons. The lowest BCUT2D eigenvalue weighted by atomic mass is 9.87. The summed E-state index contributed by atoms with van der Waals surface area (Å²) in [7, 11) is 2.58. The summed E-state index contributed by atoms with van der Waals surface area (Å²) in [5.41, 5.74) is -0.799. The average molecular weight is 248 g/mol. The molecule has 1 fully saturated rings. The molecule has 0 saturated heterocycles. The predicted molar refractivity (Wildman–Crippen MR) is 64.9 cm³/mol. The van der Waals surface area contributed by atoms with Crippen molar-refractivity contribution >= 4 is 11.9 Å². The zero-order valence-electron chi connectivity index (χ0n) is 10.7. The van der Waals surface area contributed by atoms with Gasteiger partial charge in [-0.1, -0.05) is 37.3 Å². The van der Waals surface area contributed by atoms with Gasteiger partial charge in [0.05, 0.1) is 14.2 Å². The lowest BCUT2D eigenvalue weighted by Gasteiger charge is -2.19. The minimum Gasteiger partial charge on any atom is -0.468 e. The number of esters is 2. The van der Waals surface area contributed by atoms with Gasteiger partial charge in [-0.05, 0) is 12.0 Å². The molecule has 1 unspecified atom stereocenters. The smallest absolute Gasteiger partial charge is 0.324 e. The van der Waals surface area contributed by atoms with Gasteiger partial charge in [0.1, 0.15) is 0 Å². The fourth-order valence-electron chi connectivity index (χ4n) is 2.67. The van der Waals surface area contributed by atoms with Crippen LogP contribution in [0.1, 0.15) is 18.9 Å². The van der Waals surface area contributed by atoms with Crippen LogP contribution >= 0.6 is 0 Å². The average Bonchev–Trinajstić information content (AvgIpc) is 3.07. The van der Waals surface area contributed by atoms with E-state index in [4.69, 9.17) is 9.47 Å². The molecule has 0 heterocycles. The molecule has 18 heavy (non-hydrogen) atoms. The summed E-state index contributed by atoms with van der Waals surface area (Å²) in [4.78, 5) is 23.9. The number of hydrogen-bond acceptors (Lipinski definition) is 4. The Morgan fingerprint density at radius 3 is 2.00 bits per heavy atom. The highest BCUT2D eigenvalue weighted by atomic mass is 16.5. The van der Waals surface area contributed by atoms with Crippen LogP contribution in [0.5, 0.6) is 0 Å². The second-order valence-electron chi connectivity index (χ2n) is 4.76. The van der Waals surface area contributed by atoms with E-state index in [-0.39, 0.29) is 0 Å². The zero-order chi connectivity index (χ0) is 13.4. The fourth-order valence-corrected chi connectivity index (χ4v) is 2.67. The molecular weight excluding hydrogens is 232 g/mol. The van der Waals surface area contributed by atoms with Gasteiger partial charge in [0.2, 0.25) is 0 Å².